The van der Waals surface area contributed by atoms with Crippen LogP contribution in [0, 0.1) is 10.1 Å². The Labute approximate surface area is 156 Å². The van der Waals surface area contributed by atoms with Crippen LogP contribution in [0.4, 0.5) is 17.5 Å². The van der Waals surface area contributed by atoms with Crippen LogP contribution in [0.2, 0.25) is 0 Å². The van der Waals surface area contributed by atoms with Crippen LogP contribution >= 0.6 is 0 Å². The maximum absolute atomic E-state index is 11.4. The fraction of sp³-hybridized carbons (Fsp3) is 0.375. The summed E-state index contributed by atoms with van der Waals surface area (Å²) in [5, 5.41) is 19.4. The van der Waals surface area contributed by atoms with Crippen LogP contribution in [0.1, 0.15) is 31.4 Å². The van der Waals surface area contributed by atoms with Crippen molar-refractivity contribution in [2.24, 2.45) is 5.14 Å². The number of nitrogens with two attached hydrogens (primary N) is 1. The van der Waals surface area contributed by atoms with Gasteiger partial charge in [0.25, 0.3) is 0 Å². The largest absolute Gasteiger partial charge is 0.361 e. The quantitative estimate of drug-likeness (QED) is 0.536. The third kappa shape index (κ3) is 4.31. The van der Waals surface area contributed by atoms with Gasteiger partial charge in [0.1, 0.15) is 6.20 Å². The predicted octanol–water partition coefficient (Wildman–Crippen LogP) is 1.80. The number of anilines is 2. The summed E-state index contributed by atoms with van der Waals surface area (Å²) in [5.41, 5.74) is 0.660. The first-order valence-electron chi connectivity index (χ1n) is 8.30. The van der Waals surface area contributed by atoms with Gasteiger partial charge in [-0.1, -0.05) is 12.1 Å². The monoisotopic (exact) mass is 392 g/mol. The van der Waals surface area contributed by atoms with Crippen molar-refractivity contribution in [3.8, 4) is 0 Å². The van der Waals surface area contributed by atoms with Crippen LogP contribution in [0.5, 0.6) is 0 Å². The Bertz CT molecular complexity index is 959. The zero-order chi connectivity index (χ0) is 19.8. The van der Waals surface area contributed by atoms with Gasteiger partial charge in [-0.3, -0.25) is 10.1 Å². The summed E-state index contributed by atoms with van der Waals surface area (Å²) >= 11 is 0. The minimum Gasteiger partial charge on any atom is -0.361 e. The van der Waals surface area contributed by atoms with E-state index < -0.39 is 14.9 Å². The summed E-state index contributed by atoms with van der Waals surface area (Å²) in [4.78, 5) is 20.9. The molecule has 1 fully saturated rings. The molecule has 1 atom stereocenters. The predicted molar refractivity (Wildman–Crippen MR) is 100.0 cm³/mol. The Kier molecular flexibility index (Phi) is 4.98. The van der Waals surface area contributed by atoms with Crippen molar-refractivity contribution in [1.29, 1.82) is 0 Å². The third-order valence-corrected chi connectivity index (χ3v) is 5.39. The molecule has 1 aliphatic carbocycles. The van der Waals surface area contributed by atoms with E-state index in [4.69, 9.17) is 5.14 Å². The Morgan fingerprint density at radius 1 is 1.33 bits per heavy atom. The highest BCUT2D eigenvalue weighted by atomic mass is 32.2. The SMILES string of the molecule is C[C@@H](c1ccc(S(N)(=O)=O)cc1)N(C)c1ncc([N+](=O)[O-])c(NC2CC2)n1. The number of primary sulfonamides is 1. The molecule has 0 amide bonds. The molecule has 1 aliphatic rings. The summed E-state index contributed by atoms with van der Waals surface area (Å²) in [6.07, 6.45) is 3.11. The van der Waals surface area contributed by atoms with Crippen molar-refractivity contribution >= 4 is 27.5 Å². The van der Waals surface area contributed by atoms with Crippen molar-refractivity contribution in [2.45, 2.75) is 36.7 Å². The van der Waals surface area contributed by atoms with E-state index in [-0.39, 0.29) is 28.5 Å². The van der Waals surface area contributed by atoms with Gasteiger partial charge in [-0.25, -0.2) is 18.5 Å². The van der Waals surface area contributed by atoms with Crippen molar-refractivity contribution in [3.63, 3.8) is 0 Å². The number of hydrogen-bond acceptors (Lipinski definition) is 8. The van der Waals surface area contributed by atoms with Crippen molar-refractivity contribution in [2.75, 3.05) is 17.3 Å². The van der Waals surface area contributed by atoms with Gasteiger partial charge in [0.2, 0.25) is 21.8 Å². The smallest absolute Gasteiger partial charge is 0.329 e. The summed E-state index contributed by atoms with van der Waals surface area (Å²) in [6.45, 7) is 1.89. The molecule has 0 unspecified atom stereocenters. The molecule has 27 heavy (non-hydrogen) atoms. The Balaban J connectivity index is 1.85. The van der Waals surface area contributed by atoms with Crippen molar-refractivity contribution in [1.82, 2.24) is 9.97 Å². The van der Waals surface area contributed by atoms with E-state index in [0.29, 0.717) is 5.95 Å². The lowest BCUT2D eigenvalue weighted by Crippen LogP contribution is -2.24. The van der Waals surface area contributed by atoms with Crippen LogP contribution in [0.3, 0.4) is 0 Å². The highest BCUT2D eigenvalue weighted by molar-refractivity contribution is 7.89. The van der Waals surface area contributed by atoms with Gasteiger partial charge in [0, 0.05) is 13.1 Å². The fourth-order valence-electron chi connectivity index (χ4n) is 2.53. The number of benzene rings is 1. The molecule has 144 valence electrons. The van der Waals surface area contributed by atoms with Crippen LogP contribution in [-0.4, -0.2) is 36.4 Å². The fourth-order valence-corrected chi connectivity index (χ4v) is 3.05. The van der Waals surface area contributed by atoms with Gasteiger partial charge in [-0.05, 0) is 37.5 Å². The number of sulfonamides is 1. The molecule has 1 saturated carbocycles. The van der Waals surface area contributed by atoms with E-state index in [1.165, 1.54) is 18.3 Å². The summed E-state index contributed by atoms with van der Waals surface area (Å²) in [5.74, 6) is 0.530. The van der Waals surface area contributed by atoms with Gasteiger partial charge in [-0.2, -0.15) is 4.98 Å². The molecule has 11 heteroatoms. The van der Waals surface area contributed by atoms with Crippen LogP contribution < -0.4 is 15.4 Å². The first-order chi connectivity index (χ1) is 12.7. The lowest BCUT2D eigenvalue weighted by Gasteiger charge is -2.25. The summed E-state index contributed by atoms with van der Waals surface area (Å²) < 4.78 is 22.7. The molecular formula is C16H20N6O4S. The maximum Gasteiger partial charge on any atom is 0.329 e. The minimum absolute atomic E-state index is 0.0311. The molecule has 0 bridgehead atoms. The summed E-state index contributed by atoms with van der Waals surface area (Å²) in [6, 6.07) is 6.21. The molecule has 1 aromatic carbocycles. The Morgan fingerprint density at radius 3 is 2.48 bits per heavy atom. The molecule has 10 nitrogen and oxygen atoms in total. The normalized spacial score (nSPS) is 15.2. The van der Waals surface area contributed by atoms with E-state index >= 15 is 0 Å². The topological polar surface area (TPSA) is 144 Å². The second-order valence-electron chi connectivity index (χ2n) is 6.48. The molecule has 0 aliphatic heterocycles. The van der Waals surface area contributed by atoms with Gasteiger partial charge in [0.15, 0.2) is 0 Å². The zero-order valence-electron chi connectivity index (χ0n) is 14.9. The molecule has 3 rings (SSSR count). The number of nitrogens with zero attached hydrogens (tertiary/aromatic N) is 4. The van der Waals surface area contributed by atoms with Crippen molar-refractivity contribution in [3.05, 3.63) is 46.1 Å². The highest BCUT2D eigenvalue weighted by Crippen LogP contribution is 2.31. The highest BCUT2D eigenvalue weighted by Gasteiger charge is 2.27. The van der Waals surface area contributed by atoms with Gasteiger partial charge < -0.3 is 10.2 Å². The second-order valence-corrected chi connectivity index (χ2v) is 8.04. The number of hydrogen-bond donors (Lipinski definition) is 2. The van der Waals surface area contributed by atoms with Crippen LogP contribution in [-0.2, 0) is 10.0 Å². The van der Waals surface area contributed by atoms with Gasteiger partial charge in [-0.15, -0.1) is 0 Å². The second kappa shape index (κ2) is 7.08. The van der Waals surface area contributed by atoms with Crippen LogP contribution in [0.15, 0.2) is 35.4 Å². The Morgan fingerprint density at radius 2 is 1.96 bits per heavy atom. The average Bonchev–Trinajstić information content (AvgIpc) is 3.43. The first-order valence-corrected chi connectivity index (χ1v) is 9.85. The molecule has 1 aromatic heterocycles. The first kappa shape index (κ1) is 19.0. The zero-order valence-corrected chi connectivity index (χ0v) is 15.7. The molecule has 3 N–H and O–H groups in total. The number of aromatic nitrogens is 2. The summed E-state index contributed by atoms with van der Waals surface area (Å²) in [7, 11) is -1.99. The molecule has 1 heterocycles. The third-order valence-electron chi connectivity index (χ3n) is 4.46. The lowest BCUT2D eigenvalue weighted by atomic mass is 10.1. The number of nitrogens with one attached hydrogen (secondary N) is 1. The van der Waals surface area contributed by atoms with Gasteiger partial charge in [0.05, 0.1) is 15.9 Å². The number of rotatable bonds is 7. The van der Waals surface area contributed by atoms with Gasteiger partial charge >= 0.3 is 5.69 Å². The maximum atomic E-state index is 11.4. The standard InChI is InChI=1S/C16H20N6O4S/c1-10(11-3-7-13(8-4-11)27(17,25)26)21(2)16-18-9-14(22(23)24)15(20-16)19-12-5-6-12/h3-4,7-10,12H,5-6H2,1-2H3,(H2,17,25,26)(H,18,19,20)/t10-/m0/s1. The lowest BCUT2D eigenvalue weighted by molar-refractivity contribution is -0.384. The molecule has 0 saturated heterocycles. The van der Waals surface area contributed by atoms with E-state index in [1.807, 2.05) is 6.92 Å². The molecule has 0 radical (unpaired) electrons. The van der Waals surface area contributed by atoms with Crippen molar-refractivity contribution < 1.29 is 13.3 Å². The number of nitro groups is 1. The van der Waals surface area contributed by atoms with E-state index in [2.05, 4.69) is 15.3 Å². The van der Waals surface area contributed by atoms with E-state index in [0.717, 1.165) is 18.4 Å². The average molecular weight is 392 g/mol. The minimum atomic E-state index is -3.75. The molecular weight excluding hydrogens is 372 g/mol. The van der Waals surface area contributed by atoms with E-state index in [9.17, 15) is 18.5 Å². The molecule has 2 aromatic rings. The van der Waals surface area contributed by atoms with Crippen LogP contribution in [0.25, 0.3) is 0 Å². The van der Waals surface area contributed by atoms with E-state index in [1.54, 1.807) is 24.1 Å². The molecule has 0 spiro atoms. The Hall–Kier alpha value is -2.79.